The zero-order chi connectivity index (χ0) is 14.0. The van der Waals surface area contributed by atoms with Gasteiger partial charge < -0.3 is 5.73 Å². The number of nitrogens with zero attached hydrogens (tertiary/aromatic N) is 1. The van der Waals surface area contributed by atoms with E-state index in [1.807, 2.05) is 19.9 Å². The molecule has 4 nitrogen and oxygen atoms in total. The van der Waals surface area contributed by atoms with Gasteiger partial charge in [-0.25, -0.2) is 8.42 Å². The zero-order valence-corrected chi connectivity index (χ0v) is 12.4. The maximum atomic E-state index is 12.8. The Morgan fingerprint density at radius 1 is 1.37 bits per heavy atom. The molecule has 1 aromatic carbocycles. The van der Waals surface area contributed by atoms with Crippen LogP contribution in [0.15, 0.2) is 23.1 Å². The standard InChI is InChI=1S/C14H22N2O2S/c1-11-6-3-4-9-16(11)19(17,18)14-8-5-7-13(10-15)12(14)2/h5,7-8,11H,3-4,6,9-10,15H2,1-2H3. The van der Waals surface area contributed by atoms with Gasteiger partial charge in [-0.1, -0.05) is 18.6 Å². The smallest absolute Gasteiger partial charge is 0.243 e. The quantitative estimate of drug-likeness (QED) is 0.922. The molecule has 1 heterocycles. The molecule has 106 valence electrons. The van der Waals surface area contributed by atoms with E-state index in [1.165, 1.54) is 0 Å². The number of hydrogen-bond acceptors (Lipinski definition) is 3. The normalized spacial score (nSPS) is 21.5. The van der Waals surface area contributed by atoms with Crippen LogP contribution in [0.3, 0.4) is 0 Å². The van der Waals surface area contributed by atoms with Crippen molar-refractivity contribution in [1.29, 1.82) is 0 Å². The van der Waals surface area contributed by atoms with Crippen LogP contribution in [0.4, 0.5) is 0 Å². The van der Waals surface area contributed by atoms with E-state index in [-0.39, 0.29) is 6.04 Å². The van der Waals surface area contributed by atoms with Gasteiger partial charge >= 0.3 is 0 Å². The van der Waals surface area contributed by atoms with Gasteiger partial charge in [-0.05, 0) is 43.9 Å². The fraction of sp³-hybridized carbons (Fsp3) is 0.571. The summed E-state index contributed by atoms with van der Waals surface area (Å²) in [6, 6.07) is 5.43. The highest BCUT2D eigenvalue weighted by atomic mass is 32.2. The third-order valence-electron chi connectivity index (χ3n) is 3.94. The predicted molar refractivity (Wildman–Crippen MR) is 76.3 cm³/mol. The minimum Gasteiger partial charge on any atom is -0.326 e. The number of benzene rings is 1. The Morgan fingerprint density at radius 2 is 2.11 bits per heavy atom. The summed E-state index contributed by atoms with van der Waals surface area (Å²) in [4.78, 5) is 0.407. The topological polar surface area (TPSA) is 63.4 Å². The average molecular weight is 282 g/mol. The second-order valence-corrected chi connectivity index (χ2v) is 7.06. The summed E-state index contributed by atoms with van der Waals surface area (Å²) in [6.45, 7) is 4.81. The van der Waals surface area contributed by atoms with Crippen LogP contribution in [-0.2, 0) is 16.6 Å². The molecule has 1 unspecified atom stereocenters. The third kappa shape index (κ3) is 2.68. The van der Waals surface area contributed by atoms with Crippen LogP contribution in [0, 0.1) is 6.92 Å². The molecule has 0 bridgehead atoms. The van der Waals surface area contributed by atoms with Crippen molar-refractivity contribution in [2.24, 2.45) is 5.73 Å². The molecule has 1 aliphatic rings. The lowest BCUT2D eigenvalue weighted by atomic mass is 10.1. The van der Waals surface area contributed by atoms with Gasteiger partial charge in [0.1, 0.15) is 0 Å². The van der Waals surface area contributed by atoms with E-state index in [4.69, 9.17) is 5.73 Å². The molecular weight excluding hydrogens is 260 g/mol. The van der Waals surface area contributed by atoms with Crippen molar-refractivity contribution < 1.29 is 8.42 Å². The lowest BCUT2D eigenvalue weighted by Gasteiger charge is -2.32. The number of rotatable bonds is 3. The van der Waals surface area contributed by atoms with Gasteiger partial charge in [0.15, 0.2) is 0 Å². The Hall–Kier alpha value is -0.910. The van der Waals surface area contributed by atoms with Crippen molar-refractivity contribution in [2.45, 2.75) is 50.6 Å². The summed E-state index contributed by atoms with van der Waals surface area (Å²) in [5.41, 5.74) is 7.33. The van der Waals surface area contributed by atoms with Gasteiger partial charge in [-0.15, -0.1) is 0 Å². The molecule has 0 aromatic heterocycles. The van der Waals surface area contributed by atoms with Crippen molar-refractivity contribution >= 4 is 10.0 Å². The number of hydrogen-bond donors (Lipinski definition) is 1. The molecule has 1 aromatic rings. The molecule has 1 fully saturated rings. The van der Waals surface area contributed by atoms with Crippen LogP contribution in [0.1, 0.15) is 37.3 Å². The Balaban J connectivity index is 2.44. The van der Waals surface area contributed by atoms with E-state index >= 15 is 0 Å². The highest BCUT2D eigenvalue weighted by Crippen LogP contribution is 2.28. The van der Waals surface area contributed by atoms with Gasteiger partial charge in [0, 0.05) is 19.1 Å². The number of sulfonamides is 1. The summed E-state index contributed by atoms with van der Waals surface area (Å²) in [5, 5.41) is 0. The average Bonchev–Trinajstić information content (AvgIpc) is 2.39. The van der Waals surface area contributed by atoms with Crippen LogP contribution in [0.5, 0.6) is 0 Å². The Morgan fingerprint density at radius 3 is 2.74 bits per heavy atom. The monoisotopic (exact) mass is 282 g/mol. The lowest BCUT2D eigenvalue weighted by molar-refractivity contribution is 0.268. The van der Waals surface area contributed by atoms with E-state index in [9.17, 15) is 8.42 Å². The molecule has 0 saturated carbocycles. The van der Waals surface area contributed by atoms with E-state index in [0.717, 1.165) is 30.4 Å². The van der Waals surface area contributed by atoms with Gasteiger partial charge in [-0.3, -0.25) is 0 Å². The van der Waals surface area contributed by atoms with Gasteiger partial charge in [0.2, 0.25) is 10.0 Å². The predicted octanol–water partition coefficient (Wildman–Crippen LogP) is 2.02. The van der Waals surface area contributed by atoms with Crippen LogP contribution < -0.4 is 5.73 Å². The Labute approximate surface area is 115 Å². The van der Waals surface area contributed by atoms with Crippen molar-refractivity contribution in [2.75, 3.05) is 6.54 Å². The molecule has 2 N–H and O–H groups in total. The Kier molecular flexibility index (Phi) is 4.28. The van der Waals surface area contributed by atoms with Crippen molar-refractivity contribution in [3.63, 3.8) is 0 Å². The lowest BCUT2D eigenvalue weighted by Crippen LogP contribution is -2.42. The molecule has 0 radical (unpaired) electrons. The highest BCUT2D eigenvalue weighted by molar-refractivity contribution is 7.89. The first-order valence-electron chi connectivity index (χ1n) is 6.79. The van der Waals surface area contributed by atoms with E-state index in [2.05, 4.69) is 0 Å². The fourth-order valence-corrected chi connectivity index (χ4v) is 4.69. The number of piperidine rings is 1. The van der Waals surface area contributed by atoms with Gasteiger partial charge in [0.05, 0.1) is 4.90 Å². The van der Waals surface area contributed by atoms with Gasteiger partial charge in [-0.2, -0.15) is 4.31 Å². The summed E-state index contributed by atoms with van der Waals surface area (Å²) < 4.78 is 27.2. The maximum Gasteiger partial charge on any atom is 0.243 e. The summed E-state index contributed by atoms with van der Waals surface area (Å²) in [6.07, 6.45) is 2.99. The molecule has 1 aliphatic heterocycles. The molecule has 0 aliphatic carbocycles. The molecule has 5 heteroatoms. The molecule has 1 atom stereocenters. The first-order valence-corrected chi connectivity index (χ1v) is 8.23. The molecule has 0 amide bonds. The first-order chi connectivity index (χ1) is 8.98. The second kappa shape index (κ2) is 5.61. The molecule has 1 saturated heterocycles. The van der Waals surface area contributed by atoms with E-state index in [1.54, 1.807) is 16.4 Å². The van der Waals surface area contributed by atoms with Crippen LogP contribution >= 0.6 is 0 Å². The highest BCUT2D eigenvalue weighted by Gasteiger charge is 2.32. The molecular formula is C14H22N2O2S. The van der Waals surface area contributed by atoms with Gasteiger partial charge in [0.25, 0.3) is 0 Å². The summed E-state index contributed by atoms with van der Waals surface area (Å²) in [5.74, 6) is 0. The minimum absolute atomic E-state index is 0.0830. The molecule has 2 rings (SSSR count). The molecule has 19 heavy (non-hydrogen) atoms. The number of nitrogens with two attached hydrogens (primary N) is 1. The van der Waals surface area contributed by atoms with Crippen molar-refractivity contribution in [3.8, 4) is 0 Å². The zero-order valence-electron chi connectivity index (χ0n) is 11.6. The van der Waals surface area contributed by atoms with Crippen molar-refractivity contribution in [3.05, 3.63) is 29.3 Å². The minimum atomic E-state index is -3.40. The van der Waals surface area contributed by atoms with E-state index < -0.39 is 10.0 Å². The van der Waals surface area contributed by atoms with E-state index in [0.29, 0.717) is 18.0 Å². The first kappa shape index (κ1) is 14.5. The van der Waals surface area contributed by atoms with Crippen molar-refractivity contribution in [1.82, 2.24) is 4.31 Å². The molecule has 0 spiro atoms. The summed E-state index contributed by atoms with van der Waals surface area (Å²) >= 11 is 0. The van der Waals surface area contributed by atoms with Crippen LogP contribution in [0.25, 0.3) is 0 Å². The maximum absolute atomic E-state index is 12.8. The largest absolute Gasteiger partial charge is 0.326 e. The SMILES string of the molecule is Cc1c(CN)cccc1S(=O)(=O)N1CCCCC1C. The Bertz CT molecular complexity index is 555. The second-order valence-electron chi connectivity index (χ2n) is 5.20. The summed E-state index contributed by atoms with van der Waals surface area (Å²) in [7, 11) is -3.40. The van der Waals surface area contributed by atoms with Crippen LogP contribution in [0.2, 0.25) is 0 Å². The fourth-order valence-electron chi connectivity index (χ4n) is 2.72. The third-order valence-corrected chi connectivity index (χ3v) is 6.10. The van der Waals surface area contributed by atoms with Crippen LogP contribution in [-0.4, -0.2) is 25.3 Å².